The van der Waals surface area contributed by atoms with Crippen LogP contribution >= 0.6 is 0 Å². The predicted octanol–water partition coefficient (Wildman–Crippen LogP) is -1.01. The Morgan fingerprint density at radius 2 is 1.97 bits per heavy atom. The molecule has 3 rings (SSSR count). The molecule has 3 aliphatic rings. The number of carbonyl (C=O) groups excluding carboxylic acids is 5. The standard InChI is InChI=1S/C22H32N6O5/c23-19(30)14-5-3-11-27(13-14)10-2-1-6-16(26-21(32)15-8-9-18(29)25-15)22(33)28-12-4-7-17(28)20(24)31/h3,11,13,15-17H,1-2,4-10,12H2,(H2,23,30)(H2,24,31)(H,25,29)(H,26,32). The summed E-state index contributed by atoms with van der Waals surface area (Å²) >= 11 is 0. The van der Waals surface area contributed by atoms with Crippen molar-refractivity contribution in [2.45, 2.75) is 69.5 Å². The maximum absolute atomic E-state index is 13.2. The summed E-state index contributed by atoms with van der Waals surface area (Å²) in [6.07, 6.45) is 9.49. The van der Waals surface area contributed by atoms with Crippen molar-refractivity contribution in [3.05, 3.63) is 24.0 Å². The zero-order valence-corrected chi connectivity index (χ0v) is 18.6. The van der Waals surface area contributed by atoms with E-state index in [9.17, 15) is 24.0 Å². The van der Waals surface area contributed by atoms with Gasteiger partial charge in [0.25, 0.3) is 0 Å². The lowest BCUT2D eigenvalue weighted by Crippen LogP contribution is -2.55. The highest BCUT2D eigenvalue weighted by atomic mass is 16.2. The van der Waals surface area contributed by atoms with Crippen molar-refractivity contribution < 1.29 is 24.0 Å². The SMILES string of the molecule is NC(=O)C1=CN(CCCCC(NC(=O)C2CCC(=O)N2)C(=O)N2CCCC2C(N)=O)C=CC1. The Labute approximate surface area is 192 Å². The predicted molar refractivity (Wildman–Crippen MR) is 119 cm³/mol. The molecule has 5 amide bonds. The van der Waals surface area contributed by atoms with Crippen LogP contribution in [0.3, 0.4) is 0 Å². The van der Waals surface area contributed by atoms with E-state index >= 15 is 0 Å². The molecule has 2 fully saturated rings. The van der Waals surface area contributed by atoms with Gasteiger partial charge >= 0.3 is 0 Å². The van der Waals surface area contributed by atoms with E-state index in [0.717, 1.165) is 0 Å². The topological polar surface area (TPSA) is 168 Å². The second-order valence-electron chi connectivity index (χ2n) is 8.65. The summed E-state index contributed by atoms with van der Waals surface area (Å²) in [7, 11) is 0. The molecule has 0 aromatic rings. The molecule has 3 aliphatic heterocycles. The molecule has 0 radical (unpaired) electrons. The number of nitrogens with two attached hydrogens (primary N) is 2. The third kappa shape index (κ3) is 6.33. The van der Waals surface area contributed by atoms with Gasteiger partial charge in [-0.25, -0.2) is 0 Å². The lowest BCUT2D eigenvalue weighted by atomic mass is 10.1. The van der Waals surface area contributed by atoms with Gasteiger partial charge in [0.2, 0.25) is 29.5 Å². The van der Waals surface area contributed by atoms with Crippen LogP contribution in [-0.2, 0) is 24.0 Å². The minimum Gasteiger partial charge on any atom is -0.368 e. The lowest BCUT2D eigenvalue weighted by Gasteiger charge is -2.28. The fourth-order valence-electron chi connectivity index (χ4n) is 4.42. The molecule has 3 atom stereocenters. The summed E-state index contributed by atoms with van der Waals surface area (Å²) in [5, 5.41) is 5.39. The minimum absolute atomic E-state index is 0.190. The van der Waals surface area contributed by atoms with Crippen LogP contribution < -0.4 is 22.1 Å². The van der Waals surface area contributed by atoms with Crippen molar-refractivity contribution in [2.24, 2.45) is 11.5 Å². The first-order valence-electron chi connectivity index (χ1n) is 11.4. The average molecular weight is 461 g/mol. The Bertz CT molecular complexity index is 869. The van der Waals surface area contributed by atoms with Gasteiger partial charge in [0.15, 0.2) is 0 Å². The maximum atomic E-state index is 13.2. The van der Waals surface area contributed by atoms with Gasteiger partial charge in [-0.1, -0.05) is 6.08 Å². The second kappa shape index (κ2) is 11.0. The molecule has 11 nitrogen and oxygen atoms in total. The molecule has 0 saturated carbocycles. The summed E-state index contributed by atoms with van der Waals surface area (Å²) in [5.74, 6) is -1.93. The van der Waals surface area contributed by atoms with Gasteiger partial charge in [-0.05, 0) is 51.1 Å². The Hall–Kier alpha value is -3.37. The molecular formula is C22H32N6O5. The van der Waals surface area contributed by atoms with Crippen molar-refractivity contribution >= 4 is 29.5 Å². The Morgan fingerprint density at radius 3 is 2.64 bits per heavy atom. The first kappa shape index (κ1) is 24.3. The molecule has 0 bridgehead atoms. The zero-order chi connectivity index (χ0) is 24.0. The van der Waals surface area contributed by atoms with Gasteiger partial charge in [-0.2, -0.15) is 0 Å². The number of allylic oxidation sites excluding steroid dienone is 1. The number of hydrogen-bond acceptors (Lipinski definition) is 6. The fourth-order valence-corrected chi connectivity index (χ4v) is 4.42. The van der Waals surface area contributed by atoms with Crippen LogP contribution in [0.4, 0.5) is 0 Å². The van der Waals surface area contributed by atoms with Gasteiger partial charge in [-0.3, -0.25) is 24.0 Å². The second-order valence-corrected chi connectivity index (χ2v) is 8.65. The Kier molecular flexibility index (Phi) is 8.07. The maximum Gasteiger partial charge on any atom is 0.246 e. The van der Waals surface area contributed by atoms with E-state index in [1.54, 1.807) is 6.20 Å². The molecule has 180 valence electrons. The van der Waals surface area contributed by atoms with Crippen molar-refractivity contribution in [2.75, 3.05) is 13.1 Å². The molecule has 3 heterocycles. The number of rotatable bonds is 10. The number of carbonyl (C=O) groups is 5. The molecule has 2 saturated heterocycles. The highest BCUT2D eigenvalue weighted by Gasteiger charge is 2.37. The largest absolute Gasteiger partial charge is 0.368 e. The number of unbranched alkanes of at least 4 members (excludes halogenated alkanes) is 1. The van der Waals surface area contributed by atoms with Gasteiger partial charge in [-0.15, -0.1) is 0 Å². The molecule has 0 aliphatic carbocycles. The van der Waals surface area contributed by atoms with Crippen molar-refractivity contribution in [3.8, 4) is 0 Å². The molecule has 0 aromatic heterocycles. The van der Waals surface area contributed by atoms with Gasteiger partial charge in [0.1, 0.15) is 18.1 Å². The summed E-state index contributed by atoms with van der Waals surface area (Å²) in [6, 6.07) is -2.14. The lowest BCUT2D eigenvalue weighted by molar-refractivity contribution is -0.141. The van der Waals surface area contributed by atoms with Crippen molar-refractivity contribution in [3.63, 3.8) is 0 Å². The van der Waals surface area contributed by atoms with Crippen LogP contribution in [0, 0.1) is 0 Å². The van der Waals surface area contributed by atoms with Crippen LogP contribution in [0.2, 0.25) is 0 Å². The number of amides is 5. The van der Waals surface area contributed by atoms with E-state index < -0.39 is 35.8 Å². The number of primary amides is 2. The van der Waals surface area contributed by atoms with E-state index in [4.69, 9.17) is 11.5 Å². The van der Waals surface area contributed by atoms with Crippen LogP contribution in [-0.4, -0.2) is 70.6 Å². The molecule has 6 N–H and O–H groups in total. The highest BCUT2D eigenvalue weighted by Crippen LogP contribution is 2.20. The number of likely N-dealkylation sites (tertiary alicyclic amines) is 1. The highest BCUT2D eigenvalue weighted by molar-refractivity contribution is 5.95. The minimum atomic E-state index is -0.816. The van der Waals surface area contributed by atoms with E-state index in [1.165, 1.54) is 4.90 Å². The zero-order valence-electron chi connectivity index (χ0n) is 18.6. The first-order valence-corrected chi connectivity index (χ1v) is 11.4. The molecular weight excluding hydrogens is 428 g/mol. The van der Waals surface area contributed by atoms with E-state index in [0.29, 0.717) is 63.6 Å². The summed E-state index contributed by atoms with van der Waals surface area (Å²) < 4.78 is 0. The number of nitrogens with one attached hydrogen (secondary N) is 2. The summed E-state index contributed by atoms with van der Waals surface area (Å²) in [4.78, 5) is 63.8. The van der Waals surface area contributed by atoms with Gasteiger partial charge in [0, 0.05) is 31.3 Å². The van der Waals surface area contributed by atoms with Crippen LogP contribution in [0.5, 0.6) is 0 Å². The van der Waals surface area contributed by atoms with Gasteiger partial charge < -0.3 is 31.9 Å². The molecule has 3 unspecified atom stereocenters. The van der Waals surface area contributed by atoms with Gasteiger partial charge in [0.05, 0.1) is 0 Å². The average Bonchev–Trinajstić information content (AvgIpc) is 3.45. The van der Waals surface area contributed by atoms with Crippen LogP contribution in [0.25, 0.3) is 0 Å². The summed E-state index contributed by atoms with van der Waals surface area (Å²) in [5.41, 5.74) is 11.3. The Morgan fingerprint density at radius 1 is 1.18 bits per heavy atom. The third-order valence-corrected chi connectivity index (χ3v) is 6.22. The smallest absolute Gasteiger partial charge is 0.246 e. The summed E-state index contributed by atoms with van der Waals surface area (Å²) in [6.45, 7) is 1.03. The molecule has 0 spiro atoms. The van der Waals surface area contributed by atoms with Crippen LogP contribution in [0.15, 0.2) is 24.0 Å². The van der Waals surface area contributed by atoms with Crippen molar-refractivity contribution in [1.82, 2.24) is 20.4 Å². The van der Waals surface area contributed by atoms with E-state index in [2.05, 4.69) is 10.6 Å². The third-order valence-electron chi connectivity index (χ3n) is 6.22. The molecule has 0 aromatic carbocycles. The number of nitrogens with zero attached hydrogens (tertiary/aromatic N) is 2. The monoisotopic (exact) mass is 460 g/mol. The number of hydrogen-bond donors (Lipinski definition) is 4. The molecule has 33 heavy (non-hydrogen) atoms. The molecule has 11 heteroatoms. The van der Waals surface area contributed by atoms with Crippen LogP contribution in [0.1, 0.15) is 51.4 Å². The van der Waals surface area contributed by atoms with E-state index in [-0.39, 0.29) is 18.2 Å². The van der Waals surface area contributed by atoms with Crippen molar-refractivity contribution in [1.29, 1.82) is 0 Å². The Balaban J connectivity index is 1.59. The normalized spacial score (nSPS) is 23.2. The van der Waals surface area contributed by atoms with E-state index in [1.807, 2.05) is 17.2 Å². The quantitative estimate of drug-likeness (QED) is 0.304. The first-order chi connectivity index (χ1) is 15.8. The fraction of sp³-hybridized carbons (Fsp3) is 0.591.